The molecular formula is C16H17N3O5. The molecule has 0 spiro atoms. The van der Waals surface area contributed by atoms with Crippen LogP contribution >= 0.6 is 0 Å². The summed E-state index contributed by atoms with van der Waals surface area (Å²) in [6.45, 7) is 1.73. The lowest BCUT2D eigenvalue weighted by molar-refractivity contribution is -0.127. The molecule has 126 valence electrons. The zero-order valence-corrected chi connectivity index (χ0v) is 12.9. The molecule has 0 saturated heterocycles. The monoisotopic (exact) mass is 331 g/mol. The molecule has 8 heteroatoms. The molecule has 8 nitrogen and oxygen atoms in total. The topological polar surface area (TPSA) is 124 Å². The largest absolute Gasteiger partial charge is 0.467 e. The number of furan rings is 1. The number of primary amides is 1. The van der Waals surface area contributed by atoms with Crippen LogP contribution in [-0.2, 0) is 16.1 Å². The first-order valence-corrected chi connectivity index (χ1v) is 7.14. The van der Waals surface area contributed by atoms with E-state index in [1.54, 1.807) is 42.7 Å². The normalized spacial score (nSPS) is 11.4. The van der Waals surface area contributed by atoms with Crippen LogP contribution in [0.15, 0.2) is 47.1 Å². The predicted molar refractivity (Wildman–Crippen MR) is 85.1 cm³/mol. The average Bonchev–Trinajstić information content (AvgIpc) is 3.05. The lowest BCUT2D eigenvalue weighted by Gasteiger charge is -2.14. The van der Waals surface area contributed by atoms with E-state index in [4.69, 9.17) is 14.9 Å². The Bertz CT molecular complexity index is 727. The Balaban J connectivity index is 2.03. The van der Waals surface area contributed by atoms with Crippen molar-refractivity contribution in [3.05, 3.63) is 54.0 Å². The van der Waals surface area contributed by atoms with Crippen LogP contribution in [0.2, 0.25) is 0 Å². The molecule has 0 aliphatic rings. The fraction of sp³-hybridized carbons (Fsp3) is 0.188. The van der Waals surface area contributed by atoms with Gasteiger partial charge in [0.1, 0.15) is 5.76 Å². The van der Waals surface area contributed by atoms with Gasteiger partial charge < -0.3 is 20.2 Å². The Hall–Kier alpha value is -3.29. The highest BCUT2D eigenvalue weighted by Gasteiger charge is 2.21. The van der Waals surface area contributed by atoms with Crippen molar-refractivity contribution < 1.29 is 23.5 Å². The van der Waals surface area contributed by atoms with Crippen molar-refractivity contribution in [1.82, 2.24) is 5.32 Å². The third-order valence-electron chi connectivity index (χ3n) is 3.08. The van der Waals surface area contributed by atoms with Crippen molar-refractivity contribution >= 4 is 23.6 Å². The summed E-state index contributed by atoms with van der Waals surface area (Å²) in [7, 11) is 0. The number of nitrogens with one attached hydrogen (secondary N) is 2. The van der Waals surface area contributed by atoms with E-state index >= 15 is 0 Å². The summed E-state index contributed by atoms with van der Waals surface area (Å²) in [6, 6.07) is 9.23. The molecule has 2 aromatic rings. The molecule has 0 fully saturated rings. The number of hydrogen-bond acceptors (Lipinski definition) is 6. The van der Waals surface area contributed by atoms with Gasteiger partial charge in [-0.1, -0.05) is 12.1 Å². The number of esters is 1. The van der Waals surface area contributed by atoms with Crippen molar-refractivity contribution in [2.45, 2.75) is 19.6 Å². The predicted octanol–water partition coefficient (Wildman–Crippen LogP) is 1.63. The molecule has 1 unspecified atom stereocenters. The molecule has 0 aliphatic carbocycles. The van der Waals surface area contributed by atoms with E-state index < -0.39 is 24.0 Å². The van der Waals surface area contributed by atoms with Crippen LogP contribution in [0.1, 0.15) is 23.0 Å². The molecule has 0 aliphatic heterocycles. The molecule has 1 aromatic heterocycles. The van der Waals surface area contributed by atoms with Crippen molar-refractivity contribution in [3.63, 3.8) is 0 Å². The summed E-state index contributed by atoms with van der Waals surface area (Å²) in [5.41, 5.74) is 5.63. The standard InChI is InChI=1S/C16H17N3O5/c1-10(14(20)19-16(17)22)24-15(21)12-6-2-3-7-13(12)18-9-11-5-4-8-23-11/h2-8,10,18H,9H2,1H3,(H3,17,19,20,22). The average molecular weight is 331 g/mol. The minimum atomic E-state index is -1.16. The second-order valence-electron chi connectivity index (χ2n) is 4.88. The number of urea groups is 1. The molecule has 0 radical (unpaired) electrons. The molecule has 24 heavy (non-hydrogen) atoms. The van der Waals surface area contributed by atoms with Gasteiger partial charge in [0, 0.05) is 5.69 Å². The van der Waals surface area contributed by atoms with Gasteiger partial charge in [-0.15, -0.1) is 0 Å². The van der Waals surface area contributed by atoms with Crippen molar-refractivity contribution in [1.29, 1.82) is 0 Å². The summed E-state index contributed by atoms with van der Waals surface area (Å²) in [4.78, 5) is 34.5. The summed E-state index contributed by atoms with van der Waals surface area (Å²) in [5.74, 6) is -0.797. The van der Waals surface area contributed by atoms with Gasteiger partial charge in [-0.3, -0.25) is 10.1 Å². The lowest BCUT2D eigenvalue weighted by Crippen LogP contribution is -2.42. The van der Waals surface area contributed by atoms with Gasteiger partial charge in [0.2, 0.25) is 0 Å². The number of rotatable bonds is 6. The molecule has 0 saturated carbocycles. The van der Waals surface area contributed by atoms with Crippen LogP contribution in [0.25, 0.3) is 0 Å². The number of carbonyl (C=O) groups is 3. The quantitative estimate of drug-likeness (QED) is 0.691. The minimum Gasteiger partial charge on any atom is -0.467 e. The number of nitrogens with two attached hydrogens (primary N) is 1. The van der Waals surface area contributed by atoms with Gasteiger partial charge in [-0.05, 0) is 31.2 Å². The Morgan fingerprint density at radius 3 is 2.62 bits per heavy atom. The molecule has 1 heterocycles. The number of carbonyl (C=O) groups excluding carboxylic acids is 3. The summed E-state index contributed by atoms with van der Waals surface area (Å²) < 4.78 is 10.3. The Morgan fingerprint density at radius 1 is 1.21 bits per heavy atom. The van der Waals surface area contributed by atoms with Crippen molar-refractivity contribution in [2.24, 2.45) is 5.73 Å². The number of ether oxygens (including phenoxy) is 1. The Kier molecular flexibility index (Phi) is 5.56. The van der Waals surface area contributed by atoms with Gasteiger partial charge in [0.05, 0.1) is 18.4 Å². The number of imide groups is 1. The number of anilines is 1. The lowest BCUT2D eigenvalue weighted by atomic mass is 10.1. The van der Waals surface area contributed by atoms with Crippen LogP contribution in [0.3, 0.4) is 0 Å². The van der Waals surface area contributed by atoms with E-state index in [0.29, 0.717) is 18.0 Å². The van der Waals surface area contributed by atoms with Crippen LogP contribution in [0.4, 0.5) is 10.5 Å². The summed E-state index contributed by atoms with van der Waals surface area (Å²) in [5, 5.41) is 4.91. The van der Waals surface area contributed by atoms with Crippen molar-refractivity contribution in [2.75, 3.05) is 5.32 Å². The smallest absolute Gasteiger partial charge is 0.341 e. The molecule has 0 bridgehead atoms. The van der Waals surface area contributed by atoms with Crippen LogP contribution < -0.4 is 16.4 Å². The van der Waals surface area contributed by atoms with E-state index in [1.165, 1.54) is 6.92 Å². The molecule has 1 atom stereocenters. The maximum Gasteiger partial charge on any atom is 0.341 e. The van der Waals surface area contributed by atoms with Gasteiger partial charge in [-0.2, -0.15) is 0 Å². The molecule has 1 aromatic carbocycles. The van der Waals surface area contributed by atoms with E-state index in [1.807, 2.05) is 5.32 Å². The fourth-order valence-electron chi connectivity index (χ4n) is 1.91. The first-order valence-electron chi connectivity index (χ1n) is 7.14. The SMILES string of the molecule is CC(OC(=O)c1ccccc1NCc1ccco1)C(=O)NC(N)=O. The van der Waals surface area contributed by atoms with Crippen LogP contribution in [0, 0.1) is 0 Å². The Morgan fingerprint density at radius 2 is 1.96 bits per heavy atom. The zero-order valence-electron chi connectivity index (χ0n) is 12.9. The van der Waals surface area contributed by atoms with E-state index in [-0.39, 0.29) is 5.56 Å². The third-order valence-corrected chi connectivity index (χ3v) is 3.08. The number of hydrogen-bond donors (Lipinski definition) is 3. The fourth-order valence-corrected chi connectivity index (χ4v) is 1.91. The molecular weight excluding hydrogens is 314 g/mol. The Labute approximate surface area is 138 Å². The highest BCUT2D eigenvalue weighted by atomic mass is 16.5. The molecule has 2 rings (SSSR count). The summed E-state index contributed by atoms with van der Waals surface area (Å²) in [6.07, 6.45) is 0.388. The van der Waals surface area contributed by atoms with Gasteiger partial charge in [0.25, 0.3) is 5.91 Å². The van der Waals surface area contributed by atoms with E-state index in [9.17, 15) is 14.4 Å². The number of amides is 3. The number of benzene rings is 1. The van der Waals surface area contributed by atoms with Crippen molar-refractivity contribution in [3.8, 4) is 0 Å². The highest BCUT2D eigenvalue weighted by Crippen LogP contribution is 2.18. The summed E-state index contributed by atoms with van der Waals surface area (Å²) >= 11 is 0. The maximum atomic E-state index is 12.2. The molecule has 3 amide bonds. The zero-order chi connectivity index (χ0) is 17.5. The van der Waals surface area contributed by atoms with Gasteiger partial charge in [-0.25, -0.2) is 9.59 Å². The maximum absolute atomic E-state index is 12.2. The highest BCUT2D eigenvalue weighted by molar-refractivity contribution is 5.99. The third kappa shape index (κ3) is 4.60. The number of para-hydroxylation sites is 1. The second-order valence-corrected chi connectivity index (χ2v) is 4.88. The minimum absolute atomic E-state index is 0.253. The van der Waals surface area contributed by atoms with Crippen LogP contribution in [0.5, 0.6) is 0 Å². The van der Waals surface area contributed by atoms with Crippen LogP contribution in [-0.4, -0.2) is 24.0 Å². The van der Waals surface area contributed by atoms with Gasteiger partial charge >= 0.3 is 12.0 Å². The van der Waals surface area contributed by atoms with Gasteiger partial charge in [0.15, 0.2) is 6.10 Å². The van der Waals surface area contributed by atoms with E-state index in [2.05, 4.69) is 5.32 Å². The first-order chi connectivity index (χ1) is 11.5. The first kappa shape index (κ1) is 17.1. The molecule has 4 N–H and O–H groups in total. The van der Waals surface area contributed by atoms with E-state index in [0.717, 1.165) is 0 Å². The second kappa shape index (κ2) is 7.82.